The minimum atomic E-state index is -0.369. The smallest absolute Gasteiger partial charge is 0.325 e. The molecule has 150 valence electrons. The Kier molecular flexibility index (Phi) is 5.67. The number of amides is 2. The van der Waals surface area contributed by atoms with Crippen LogP contribution in [-0.2, 0) is 12.8 Å². The topological polar surface area (TPSA) is 72.5 Å². The molecule has 1 aromatic heterocycles. The van der Waals surface area contributed by atoms with Gasteiger partial charge in [-0.05, 0) is 42.9 Å². The van der Waals surface area contributed by atoms with Gasteiger partial charge in [-0.1, -0.05) is 12.1 Å². The third kappa shape index (κ3) is 4.51. The van der Waals surface area contributed by atoms with E-state index in [2.05, 4.69) is 33.8 Å². The van der Waals surface area contributed by atoms with Crippen LogP contribution in [0.25, 0.3) is 11.3 Å². The summed E-state index contributed by atoms with van der Waals surface area (Å²) in [7, 11) is 3.13. The van der Waals surface area contributed by atoms with Gasteiger partial charge >= 0.3 is 6.03 Å². The van der Waals surface area contributed by atoms with Crippen LogP contribution in [-0.4, -0.2) is 25.2 Å². The van der Waals surface area contributed by atoms with Crippen molar-refractivity contribution in [2.45, 2.75) is 25.7 Å². The zero-order chi connectivity index (χ0) is 20.2. The van der Waals surface area contributed by atoms with Crippen molar-refractivity contribution in [3.8, 4) is 22.8 Å². The largest absolute Gasteiger partial charge is 0.497 e. The Morgan fingerprint density at radius 1 is 0.966 bits per heavy atom. The first kappa shape index (κ1) is 19.3. The lowest BCUT2D eigenvalue weighted by atomic mass is 9.90. The molecule has 0 fully saturated rings. The first-order chi connectivity index (χ1) is 14.1. The highest BCUT2D eigenvalue weighted by Crippen LogP contribution is 2.30. The number of aryl methyl sites for hydroxylation is 2. The molecule has 2 amide bonds. The van der Waals surface area contributed by atoms with Crippen molar-refractivity contribution in [1.82, 2.24) is 4.98 Å². The molecule has 1 heterocycles. The van der Waals surface area contributed by atoms with E-state index < -0.39 is 0 Å². The number of nitrogens with zero attached hydrogens (tertiary/aromatic N) is 1. The number of thiazole rings is 1. The average molecular weight is 410 g/mol. The van der Waals surface area contributed by atoms with Gasteiger partial charge in [0, 0.05) is 34.8 Å². The third-order valence-corrected chi connectivity index (χ3v) is 5.74. The Morgan fingerprint density at radius 2 is 1.69 bits per heavy atom. The molecule has 3 aromatic rings. The minimum Gasteiger partial charge on any atom is -0.497 e. The summed E-state index contributed by atoms with van der Waals surface area (Å²) >= 11 is 1.40. The molecule has 29 heavy (non-hydrogen) atoms. The highest BCUT2D eigenvalue weighted by Gasteiger charge is 2.13. The van der Waals surface area contributed by atoms with Crippen molar-refractivity contribution in [3.63, 3.8) is 0 Å². The van der Waals surface area contributed by atoms with E-state index in [0.29, 0.717) is 22.3 Å². The zero-order valence-electron chi connectivity index (χ0n) is 16.5. The Morgan fingerprint density at radius 3 is 2.41 bits per heavy atom. The van der Waals surface area contributed by atoms with Gasteiger partial charge in [-0.3, -0.25) is 5.32 Å². The molecule has 1 aliphatic carbocycles. The van der Waals surface area contributed by atoms with Crippen LogP contribution in [0.1, 0.15) is 24.0 Å². The molecule has 0 radical (unpaired) electrons. The van der Waals surface area contributed by atoms with E-state index in [1.165, 1.54) is 35.3 Å². The second kappa shape index (κ2) is 8.53. The predicted octanol–water partition coefficient (Wildman–Crippen LogP) is 5.35. The predicted molar refractivity (Wildman–Crippen MR) is 116 cm³/mol. The van der Waals surface area contributed by atoms with E-state index >= 15 is 0 Å². The van der Waals surface area contributed by atoms with Crippen LogP contribution in [0.2, 0.25) is 0 Å². The Balaban J connectivity index is 1.45. The van der Waals surface area contributed by atoms with Crippen molar-refractivity contribution >= 4 is 28.2 Å². The molecule has 0 bridgehead atoms. The molecule has 7 heteroatoms. The molecular weight excluding hydrogens is 386 g/mol. The van der Waals surface area contributed by atoms with E-state index in [9.17, 15) is 4.79 Å². The number of hydrogen-bond donors (Lipinski definition) is 2. The third-order valence-electron chi connectivity index (χ3n) is 4.98. The molecule has 1 aliphatic rings. The van der Waals surface area contributed by atoms with Crippen molar-refractivity contribution in [3.05, 3.63) is 52.9 Å². The van der Waals surface area contributed by atoms with Crippen LogP contribution >= 0.6 is 11.3 Å². The first-order valence-electron chi connectivity index (χ1n) is 9.53. The van der Waals surface area contributed by atoms with E-state index in [0.717, 1.165) is 24.1 Å². The quantitative estimate of drug-likeness (QED) is 0.596. The van der Waals surface area contributed by atoms with Gasteiger partial charge in [-0.15, -0.1) is 11.3 Å². The molecule has 4 rings (SSSR count). The SMILES string of the molecule is COc1cc(NC(=O)Nc2nc(-c3ccc4c(c3)CCCC4)cs2)cc(OC)c1. The molecular formula is C22H23N3O3S. The van der Waals surface area contributed by atoms with Crippen molar-refractivity contribution < 1.29 is 14.3 Å². The van der Waals surface area contributed by atoms with Crippen LogP contribution in [0.3, 0.4) is 0 Å². The molecule has 0 saturated carbocycles. The summed E-state index contributed by atoms with van der Waals surface area (Å²) in [4.78, 5) is 17.0. The molecule has 0 unspecified atom stereocenters. The highest BCUT2D eigenvalue weighted by molar-refractivity contribution is 7.14. The van der Waals surface area contributed by atoms with E-state index in [1.807, 2.05) is 5.38 Å². The van der Waals surface area contributed by atoms with Crippen molar-refractivity contribution in [2.24, 2.45) is 0 Å². The number of aromatic nitrogens is 1. The van der Waals surface area contributed by atoms with Gasteiger partial charge in [0.25, 0.3) is 0 Å². The number of carbonyl (C=O) groups is 1. The normalized spacial score (nSPS) is 12.8. The summed E-state index contributed by atoms with van der Waals surface area (Å²) < 4.78 is 10.5. The Hall–Kier alpha value is -3.06. The number of hydrogen-bond acceptors (Lipinski definition) is 5. The van der Waals surface area contributed by atoms with Crippen LogP contribution < -0.4 is 20.1 Å². The van der Waals surface area contributed by atoms with Crippen LogP contribution in [0.4, 0.5) is 15.6 Å². The number of nitrogens with one attached hydrogen (secondary N) is 2. The number of anilines is 2. The van der Waals surface area contributed by atoms with Gasteiger partial charge < -0.3 is 14.8 Å². The maximum atomic E-state index is 12.4. The van der Waals surface area contributed by atoms with Gasteiger partial charge in [0.05, 0.1) is 19.9 Å². The molecule has 0 saturated heterocycles. The summed E-state index contributed by atoms with van der Waals surface area (Å²) in [5.74, 6) is 1.20. The number of rotatable bonds is 5. The Bertz CT molecular complexity index is 1010. The number of methoxy groups -OCH3 is 2. The number of ether oxygens (including phenoxy) is 2. The second-order valence-electron chi connectivity index (χ2n) is 6.91. The monoisotopic (exact) mass is 409 g/mol. The van der Waals surface area contributed by atoms with Crippen molar-refractivity contribution in [2.75, 3.05) is 24.9 Å². The second-order valence-corrected chi connectivity index (χ2v) is 7.77. The average Bonchev–Trinajstić information content (AvgIpc) is 3.21. The summed E-state index contributed by atoms with van der Waals surface area (Å²) in [6.45, 7) is 0. The maximum absolute atomic E-state index is 12.4. The van der Waals surface area contributed by atoms with Crippen LogP contribution in [0, 0.1) is 0 Å². The van der Waals surface area contributed by atoms with E-state index in [1.54, 1.807) is 32.4 Å². The summed E-state index contributed by atoms with van der Waals surface area (Å²) in [5.41, 5.74) is 5.41. The molecule has 6 nitrogen and oxygen atoms in total. The van der Waals surface area contributed by atoms with Crippen LogP contribution in [0.5, 0.6) is 11.5 Å². The highest BCUT2D eigenvalue weighted by atomic mass is 32.1. The standard InChI is InChI=1S/C22H23N3O3S/c1-27-18-10-17(11-19(12-18)28-2)23-21(26)25-22-24-20(13-29-22)16-8-7-14-5-3-4-6-15(14)9-16/h7-13H,3-6H2,1-2H3,(H2,23,24,25,26). The fourth-order valence-corrected chi connectivity index (χ4v) is 4.21. The molecule has 0 spiro atoms. The summed E-state index contributed by atoms with van der Waals surface area (Å²) in [6.07, 6.45) is 4.81. The van der Waals surface area contributed by atoms with Crippen molar-refractivity contribution in [1.29, 1.82) is 0 Å². The lowest BCUT2D eigenvalue weighted by Crippen LogP contribution is -2.19. The van der Waals surface area contributed by atoms with Gasteiger partial charge in [0.2, 0.25) is 0 Å². The number of urea groups is 1. The lowest BCUT2D eigenvalue weighted by Gasteiger charge is -2.16. The number of benzene rings is 2. The Labute approximate surface area is 173 Å². The fraction of sp³-hybridized carbons (Fsp3) is 0.273. The summed E-state index contributed by atoms with van der Waals surface area (Å²) in [6, 6.07) is 11.4. The molecule has 0 aliphatic heterocycles. The number of fused-ring (bicyclic) bond motifs is 1. The van der Waals surface area contributed by atoms with Crippen LogP contribution in [0.15, 0.2) is 41.8 Å². The fourth-order valence-electron chi connectivity index (χ4n) is 3.50. The van der Waals surface area contributed by atoms with Gasteiger partial charge in [-0.25, -0.2) is 9.78 Å². The maximum Gasteiger partial charge on any atom is 0.325 e. The molecule has 2 N–H and O–H groups in total. The zero-order valence-corrected chi connectivity index (χ0v) is 17.3. The van der Waals surface area contributed by atoms with Gasteiger partial charge in [0.15, 0.2) is 5.13 Å². The van der Waals surface area contributed by atoms with E-state index in [4.69, 9.17) is 9.47 Å². The molecule has 2 aromatic carbocycles. The lowest BCUT2D eigenvalue weighted by molar-refractivity contribution is 0.262. The molecule has 0 atom stereocenters. The minimum absolute atomic E-state index is 0.369. The van der Waals surface area contributed by atoms with Gasteiger partial charge in [0.1, 0.15) is 11.5 Å². The van der Waals surface area contributed by atoms with Gasteiger partial charge in [-0.2, -0.15) is 0 Å². The summed E-state index contributed by atoms with van der Waals surface area (Å²) in [5, 5.41) is 8.09. The van der Waals surface area contributed by atoms with E-state index in [-0.39, 0.29) is 6.03 Å². The first-order valence-corrected chi connectivity index (χ1v) is 10.4. The number of carbonyl (C=O) groups excluding carboxylic acids is 1.